The molecule has 1 aliphatic rings. The highest BCUT2D eigenvalue weighted by molar-refractivity contribution is 5.82. The summed E-state index contributed by atoms with van der Waals surface area (Å²) in [5.41, 5.74) is 8.53. The third kappa shape index (κ3) is 1.82. The van der Waals surface area contributed by atoms with Crippen LogP contribution in [-0.2, 0) is 7.05 Å². The van der Waals surface area contributed by atoms with E-state index in [0.29, 0.717) is 12.1 Å². The van der Waals surface area contributed by atoms with Crippen molar-refractivity contribution >= 4 is 10.9 Å². The van der Waals surface area contributed by atoms with Gasteiger partial charge >= 0.3 is 0 Å². The zero-order chi connectivity index (χ0) is 12.7. The highest BCUT2D eigenvalue weighted by atomic mass is 15.2. The van der Waals surface area contributed by atoms with Crippen molar-refractivity contribution < 1.29 is 0 Å². The molecule has 2 N–H and O–H groups in total. The van der Waals surface area contributed by atoms with Gasteiger partial charge in [0.2, 0.25) is 0 Å². The van der Waals surface area contributed by atoms with E-state index in [1.165, 1.54) is 16.6 Å². The van der Waals surface area contributed by atoms with Crippen LogP contribution in [-0.4, -0.2) is 34.1 Å². The number of hydrogen-bond acceptors (Lipinski definition) is 3. The Hall–Kier alpha value is -1.39. The minimum absolute atomic E-state index is 0.298. The number of rotatable bonds is 1. The summed E-state index contributed by atoms with van der Waals surface area (Å²) in [4.78, 5) is 6.99. The Bertz CT molecular complexity index is 560. The summed E-state index contributed by atoms with van der Waals surface area (Å²) >= 11 is 0. The van der Waals surface area contributed by atoms with E-state index >= 15 is 0 Å². The molecule has 0 bridgehead atoms. The molecule has 3 rings (SSSR count). The first-order chi connectivity index (χ1) is 8.66. The van der Waals surface area contributed by atoms with E-state index in [9.17, 15) is 0 Å². The molecular weight excluding hydrogens is 224 g/mol. The number of pyridine rings is 1. The predicted molar refractivity (Wildman–Crippen MR) is 73.3 cm³/mol. The number of piperidine rings is 1. The number of likely N-dealkylation sites (tertiary alicyclic amines) is 1. The van der Waals surface area contributed by atoms with E-state index < -0.39 is 0 Å². The van der Waals surface area contributed by atoms with Gasteiger partial charge in [-0.05, 0) is 38.6 Å². The summed E-state index contributed by atoms with van der Waals surface area (Å²) in [5, 5.41) is 1.26. The third-order valence-corrected chi connectivity index (χ3v) is 4.07. The molecule has 0 saturated carbocycles. The molecule has 4 heteroatoms. The van der Waals surface area contributed by atoms with Gasteiger partial charge in [0.05, 0.1) is 17.3 Å². The Morgan fingerprint density at radius 1 is 1.33 bits per heavy atom. The summed E-state index contributed by atoms with van der Waals surface area (Å²) in [6.45, 7) is 1.05. The minimum Gasteiger partial charge on any atom is -0.350 e. The van der Waals surface area contributed by atoms with Gasteiger partial charge < -0.3 is 10.3 Å². The molecule has 1 aliphatic heterocycles. The highest BCUT2D eigenvalue weighted by Gasteiger charge is 2.27. The van der Waals surface area contributed by atoms with Crippen molar-refractivity contribution in [1.82, 2.24) is 14.5 Å². The molecule has 1 saturated heterocycles. The average Bonchev–Trinajstić information content (AvgIpc) is 2.75. The minimum atomic E-state index is 0.298. The van der Waals surface area contributed by atoms with Gasteiger partial charge in [0.1, 0.15) is 0 Å². The molecule has 0 amide bonds. The lowest BCUT2D eigenvalue weighted by atomic mass is 9.94. The van der Waals surface area contributed by atoms with E-state index in [1.54, 1.807) is 0 Å². The highest BCUT2D eigenvalue weighted by Crippen LogP contribution is 2.32. The maximum atomic E-state index is 6.11. The molecule has 18 heavy (non-hydrogen) atoms. The second-order valence-electron chi connectivity index (χ2n) is 5.34. The van der Waals surface area contributed by atoms with Gasteiger partial charge in [0, 0.05) is 30.9 Å². The molecule has 0 radical (unpaired) electrons. The third-order valence-electron chi connectivity index (χ3n) is 4.07. The van der Waals surface area contributed by atoms with Gasteiger partial charge in [-0.3, -0.25) is 9.88 Å². The number of aromatic nitrogens is 2. The molecule has 2 aromatic heterocycles. The summed E-state index contributed by atoms with van der Waals surface area (Å²) in [6, 6.07) is 4.87. The largest absolute Gasteiger partial charge is 0.350 e. The maximum absolute atomic E-state index is 6.11. The Morgan fingerprint density at radius 3 is 3.00 bits per heavy atom. The van der Waals surface area contributed by atoms with E-state index in [4.69, 9.17) is 5.73 Å². The van der Waals surface area contributed by atoms with Crippen molar-refractivity contribution in [3.8, 4) is 0 Å². The van der Waals surface area contributed by atoms with Crippen LogP contribution >= 0.6 is 0 Å². The van der Waals surface area contributed by atoms with Crippen molar-refractivity contribution in [3.63, 3.8) is 0 Å². The molecule has 1 fully saturated rings. The Labute approximate surface area is 107 Å². The second-order valence-corrected chi connectivity index (χ2v) is 5.34. The smallest absolute Gasteiger partial charge is 0.0669 e. The Balaban J connectivity index is 2.07. The van der Waals surface area contributed by atoms with Crippen LogP contribution < -0.4 is 5.73 Å². The lowest BCUT2D eigenvalue weighted by molar-refractivity contribution is 0.169. The van der Waals surface area contributed by atoms with Gasteiger partial charge in [0.25, 0.3) is 0 Å². The van der Waals surface area contributed by atoms with Gasteiger partial charge in [0.15, 0.2) is 0 Å². The number of aryl methyl sites for hydroxylation is 1. The zero-order valence-electron chi connectivity index (χ0n) is 11.0. The standard InChI is InChI=1S/C14H20N4/c1-17-8-5-11-12(17)3-6-16-14(11)13-9-10(15)4-7-18(13)2/h3,5-6,8,10,13H,4,7,9,15H2,1-2H3. The summed E-state index contributed by atoms with van der Waals surface area (Å²) in [7, 11) is 4.24. The fourth-order valence-electron chi connectivity index (χ4n) is 2.92. The summed E-state index contributed by atoms with van der Waals surface area (Å²) in [6.07, 6.45) is 6.08. The van der Waals surface area contributed by atoms with E-state index in [2.05, 4.69) is 46.9 Å². The molecule has 96 valence electrons. The van der Waals surface area contributed by atoms with Crippen molar-refractivity contribution in [1.29, 1.82) is 0 Å². The fraction of sp³-hybridized carbons (Fsp3) is 0.500. The van der Waals surface area contributed by atoms with E-state index in [1.807, 2.05) is 6.20 Å². The number of fused-ring (bicyclic) bond motifs is 1. The van der Waals surface area contributed by atoms with E-state index in [0.717, 1.165) is 19.4 Å². The molecule has 2 unspecified atom stereocenters. The number of nitrogens with two attached hydrogens (primary N) is 1. The molecule has 4 nitrogen and oxygen atoms in total. The summed E-state index contributed by atoms with van der Waals surface area (Å²) in [5.74, 6) is 0. The van der Waals surface area contributed by atoms with Crippen molar-refractivity contribution in [2.24, 2.45) is 12.8 Å². The van der Waals surface area contributed by atoms with Gasteiger partial charge in [-0.15, -0.1) is 0 Å². The van der Waals surface area contributed by atoms with Gasteiger partial charge in [-0.2, -0.15) is 0 Å². The van der Waals surface area contributed by atoms with Crippen LogP contribution in [0.1, 0.15) is 24.6 Å². The van der Waals surface area contributed by atoms with Crippen LogP contribution in [0.4, 0.5) is 0 Å². The van der Waals surface area contributed by atoms with Crippen LogP contribution in [0.5, 0.6) is 0 Å². The second kappa shape index (κ2) is 4.37. The lowest BCUT2D eigenvalue weighted by Gasteiger charge is -2.35. The zero-order valence-corrected chi connectivity index (χ0v) is 11.0. The summed E-state index contributed by atoms with van der Waals surface area (Å²) < 4.78 is 2.14. The fourth-order valence-corrected chi connectivity index (χ4v) is 2.92. The molecule has 0 aromatic carbocycles. The monoisotopic (exact) mass is 244 g/mol. The Morgan fingerprint density at radius 2 is 2.17 bits per heavy atom. The van der Waals surface area contributed by atoms with E-state index in [-0.39, 0.29) is 0 Å². The van der Waals surface area contributed by atoms with Crippen LogP contribution in [0.25, 0.3) is 10.9 Å². The first-order valence-corrected chi connectivity index (χ1v) is 6.52. The topological polar surface area (TPSA) is 47.1 Å². The Kier molecular flexibility index (Phi) is 2.84. The van der Waals surface area contributed by atoms with Crippen LogP contribution in [0, 0.1) is 0 Å². The average molecular weight is 244 g/mol. The van der Waals surface area contributed by atoms with Crippen molar-refractivity contribution in [3.05, 3.63) is 30.2 Å². The maximum Gasteiger partial charge on any atom is 0.0669 e. The van der Waals surface area contributed by atoms with Crippen molar-refractivity contribution in [2.45, 2.75) is 24.9 Å². The van der Waals surface area contributed by atoms with Crippen molar-refractivity contribution in [2.75, 3.05) is 13.6 Å². The quantitative estimate of drug-likeness (QED) is 0.830. The molecular formula is C14H20N4. The van der Waals surface area contributed by atoms with Gasteiger partial charge in [-0.25, -0.2) is 0 Å². The van der Waals surface area contributed by atoms with Gasteiger partial charge in [-0.1, -0.05) is 0 Å². The normalized spacial score (nSPS) is 25.7. The lowest BCUT2D eigenvalue weighted by Crippen LogP contribution is -2.40. The first kappa shape index (κ1) is 11.7. The molecule has 2 atom stereocenters. The van der Waals surface area contributed by atoms with Crippen LogP contribution in [0.3, 0.4) is 0 Å². The molecule has 2 aromatic rings. The van der Waals surface area contributed by atoms with Crippen LogP contribution in [0.2, 0.25) is 0 Å². The first-order valence-electron chi connectivity index (χ1n) is 6.52. The predicted octanol–water partition coefficient (Wildman–Crippen LogP) is 1.67. The molecule has 0 spiro atoms. The number of hydrogen-bond donors (Lipinski definition) is 1. The molecule has 3 heterocycles. The molecule has 0 aliphatic carbocycles. The SMILES string of the molecule is CN1CCC(N)CC1c1nccc2c1ccn2C. The number of nitrogens with zero attached hydrogens (tertiary/aromatic N) is 3. The van der Waals surface area contributed by atoms with Crippen LogP contribution in [0.15, 0.2) is 24.5 Å².